The molecular formula is C18H21N5O2. The third-order valence-electron chi connectivity index (χ3n) is 4.71. The molecule has 0 spiro atoms. The molecule has 1 amide bonds. The van der Waals surface area contributed by atoms with Crippen molar-refractivity contribution in [3.63, 3.8) is 0 Å². The van der Waals surface area contributed by atoms with Gasteiger partial charge in [0.15, 0.2) is 0 Å². The van der Waals surface area contributed by atoms with Gasteiger partial charge in [-0.2, -0.15) is 0 Å². The van der Waals surface area contributed by atoms with Crippen LogP contribution >= 0.6 is 0 Å². The molecule has 7 heteroatoms. The van der Waals surface area contributed by atoms with E-state index in [1.807, 2.05) is 17.9 Å². The Labute approximate surface area is 146 Å². The zero-order valence-electron chi connectivity index (χ0n) is 14.3. The number of hydrogen-bond donors (Lipinski definition) is 0. The van der Waals surface area contributed by atoms with Gasteiger partial charge in [0.1, 0.15) is 11.6 Å². The van der Waals surface area contributed by atoms with Crippen molar-refractivity contribution in [2.45, 2.75) is 19.4 Å². The second kappa shape index (κ2) is 6.76. The molecule has 0 radical (unpaired) electrons. The van der Waals surface area contributed by atoms with Crippen molar-refractivity contribution in [2.24, 2.45) is 0 Å². The number of pyridine rings is 1. The van der Waals surface area contributed by atoms with Gasteiger partial charge < -0.3 is 14.5 Å². The first-order valence-electron chi connectivity index (χ1n) is 8.61. The van der Waals surface area contributed by atoms with Gasteiger partial charge in [-0.3, -0.25) is 9.78 Å². The number of anilines is 1. The first-order chi connectivity index (χ1) is 12.2. The highest BCUT2D eigenvalue weighted by atomic mass is 16.5. The van der Waals surface area contributed by atoms with Crippen LogP contribution in [0.25, 0.3) is 0 Å². The maximum Gasteiger partial charge on any atom is 0.255 e. The molecular weight excluding hydrogens is 318 g/mol. The highest BCUT2D eigenvalue weighted by Crippen LogP contribution is 2.34. The summed E-state index contributed by atoms with van der Waals surface area (Å²) >= 11 is 0. The molecule has 0 N–H and O–H groups in total. The number of hydrogen-bond acceptors (Lipinski definition) is 6. The summed E-state index contributed by atoms with van der Waals surface area (Å²) in [4.78, 5) is 30.0. The molecule has 0 saturated carbocycles. The molecule has 0 aliphatic carbocycles. The SMILES string of the molecule is Cc1nc(C2CCN2C(=O)c2cccnc2)cc(N2CCOCC2)n1. The molecule has 25 heavy (non-hydrogen) atoms. The topological polar surface area (TPSA) is 71.5 Å². The molecule has 2 aromatic rings. The van der Waals surface area contributed by atoms with Crippen molar-refractivity contribution in [3.05, 3.63) is 47.7 Å². The molecule has 2 fully saturated rings. The second-order valence-electron chi connectivity index (χ2n) is 6.34. The second-order valence-corrected chi connectivity index (χ2v) is 6.34. The number of ether oxygens (including phenoxy) is 1. The number of carbonyl (C=O) groups is 1. The molecule has 0 aromatic carbocycles. The number of aryl methyl sites for hydroxylation is 1. The van der Waals surface area contributed by atoms with Crippen LogP contribution in [0, 0.1) is 6.92 Å². The van der Waals surface area contributed by atoms with E-state index in [1.54, 1.807) is 24.5 Å². The molecule has 7 nitrogen and oxygen atoms in total. The van der Waals surface area contributed by atoms with Crippen molar-refractivity contribution >= 4 is 11.7 Å². The van der Waals surface area contributed by atoms with E-state index in [2.05, 4.69) is 19.9 Å². The van der Waals surface area contributed by atoms with Gasteiger partial charge in [-0.15, -0.1) is 0 Å². The maximum absolute atomic E-state index is 12.7. The average Bonchev–Trinajstić information content (AvgIpc) is 2.62. The zero-order chi connectivity index (χ0) is 17.2. The largest absolute Gasteiger partial charge is 0.378 e. The third kappa shape index (κ3) is 3.19. The first kappa shape index (κ1) is 16.0. The Morgan fingerprint density at radius 2 is 2.08 bits per heavy atom. The fraction of sp³-hybridized carbons (Fsp3) is 0.444. The number of morpholine rings is 1. The fourth-order valence-corrected chi connectivity index (χ4v) is 3.29. The lowest BCUT2D eigenvalue weighted by molar-refractivity contribution is 0.0450. The minimum Gasteiger partial charge on any atom is -0.378 e. The predicted octanol–water partition coefficient (Wildman–Crippen LogP) is 1.60. The summed E-state index contributed by atoms with van der Waals surface area (Å²) in [6.45, 7) is 5.74. The molecule has 2 aliphatic heterocycles. The van der Waals surface area contributed by atoms with E-state index in [0.717, 1.165) is 43.4 Å². The highest BCUT2D eigenvalue weighted by molar-refractivity contribution is 5.94. The summed E-state index contributed by atoms with van der Waals surface area (Å²) in [6, 6.07) is 5.61. The van der Waals surface area contributed by atoms with Crippen LogP contribution in [0.5, 0.6) is 0 Å². The van der Waals surface area contributed by atoms with Gasteiger partial charge in [-0.25, -0.2) is 9.97 Å². The van der Waals surface area contributed by atoms with Gasteiger partial charge in [0.05, 0.1) is 30.5 Å². The van der Waals surface area contributed by atoms with Gasteiger partial charge >= 0.3 is 0 Å². The fourth-order valence-electron chi connectivity index (χ4n) is 3.29. The molecule has 0 bridgehead atoms. The highest BCUT2D eigenvalue weighted by Gasteiger charge is 2.35. The monoisotopic (exact) mass is 339 g/mol. The zero-order valence-corrected chi connectivity index (χ0v) is 14.3. The van der Waals surface area contributed by atoms with Crippen LogP contribution in [0.2, 0.25) is 0 Å². The lowest BCUT2D eigenvalue weighted by Gasteiger charge is -2.41. The number of nitrogens with zero attached hydrogens (tertiary/aromatic N) is 5. The number of likely N-dealkylation sites (tertiary alicyclic amines) is 1. The van der Waals surface area contributed by atoms with E-state index >= 15 is 0 Å². The first-order valence-corrected chi connectivity index (χ1v) is 8.61. The average molecular weight is 339 g/mol. The number of carbonyl (C=O) groups excluding carboxylic acids is 1. The van der Waals surface area contributed by atoms with Gasteiger partial charge in [0, 0.05) is 38.1 Å². The molecule has 2 aliphatic rings. The molecule has 4 rings (SSSR count). The van der Waals surface area contributed by atoms with E-state index in [0.29, 0.717) is 18.8 Å². The Morgan fingerprint density at radius 3 is 2.76 bits per heavy atom. The molecule has 2 saturated heterocycles. The van der Waals surface area contributed by atoms with Crippen molar-refractivity contribution in [1.82, 2.24) is 19.9 Å². The lowest BCUT2D eigenvalue weighted by atomic mass is 9.97. The number of amides is 1. The van der Waals surface area contributed by atoms with E-state index in [9.17, 15) is 4.79 Å². The normalized spacial score (nSPS) is 20.3. The van der Waals surface area contributed by atoms with E-state index < -0.39 is 0 Å². The van der Waals surface area contributed by atoms with Gasteiger partial charge in [-0.1, -0.05) is 0 Å². The molecule has 2 aromatic heterocycles. The van der Waals surface area contributed by atoms with Crippen LogP contribution in [0.4, 0.5) is 5.82 Å². The van der Waals surface area contributed by atoms with Crippen molar-refractivity contribution in [2.75, 3.05) is 37.7 Å². The van der Waals surface area contributed by atoms with E-state index in [4.69, 9.17) is 4.74 Å². The van der Waals surface area contributed by atoms with Gasteiger partial charge in [0.25, 0.3) is 5.91 Å². The number of aromatic nitrogens is 3. The smallest absolute Gasteiger partial charge is 0.255 e. The van der Waals surface area contributed by atoms with Crippen molar-refractivity contribution in [3.8, 4) is 0 Å². The van der Waals surface area contributed by atoms with Crippen molar-refractivity contribution < 1.29 is 9.53 Å². The summed E-state index contributed by atoms with van der Waals surface area (Å²) < 4.78 is 5.42. The Bertz CT molecular complexity index is 761. The Morgan fingerprint density at radius 1 is 1.24 bits per heavy atom. The lowest BCUT2D eigenvalue weighted by Crippen LogP contribution is -2.45. The summed E-state index contributed by atoms with van der Waals surface area (Å²) in [5, 5.41) is 0. The van der Waals surface area contributed by atoms with E-state index in [1.165, 1.54) is 0 Å². The van der Waals surface area contributed by atoms with Crippen LogP contribution in [-0.2, 0) is 4.74 Å². The predicted molar refractivity (Wildman–Crippen MR) is 92.4 cm³/mol. The Balaban J connectivity index is 1.57. The van der Waals surface area contributed by atoms with Crippen LogP contribution in [0.1, 0.15) is 34.3 Å². The quantitative estimate of drug-likeness (QED) is 0.846. The summed E-state index contributed by atoms with van der Waals surface area (Å²) in [6.07, 6.45) is 4.21. The summed E-state index contributed by atoms with van der Waals surface area (Å²) in [7, 11) is 0. The third-order valence-corrected chi connectivity index (χ3v) is 4.71. The van der Waals surface area contributed by atoms with Crippen LogP contribution in [0.15, 0.2) is 30.6 Å². The van der Waals surface area contributed by atoms with Crippen molar-refractivity contribution in [1.29, 1.82) is 0 Å². The molecule has 1 atom stereocenters. The Kier molecular flexibility index (Phi) is 4.31. The summed E-state index contributed by atoms with van der Waals surface area (Å²) in [5.74, 6) is 1.67. The van der Waals surface area contributed by atoms with Gasteiger partial charge in [-0.05, 0) is 25.5 Å². The standard InChI is InChI=1S/C18H21N5O2/c1-13-20-15(11-17(21-13)22-7-9-25-10-8-22)16-4-6-23(16)18(24)14-3-2-5-19-12-14/h2-3,5,11-12,16H,4,6-10H2,1H3. The number of rotatable bonds is 3. The Hall–Kier alpha value is -2.54. The van der Waals surface area contributed by atoms with Crippen LogP contribution < -0.4 is 4.90 Å². The summed E-state index contributed by atoms with van der Waals surface area (Å²) in [5.41, 5.74) is 1.53. The van der Waals surface area contributed by atoms with Crippen LogP contribution in [-0.4, -0.2) is 58.6 Å². The van der Waals surface area contributed by atoms with Crippen LogP contribution in [0.3, 0.4) is 0 Å². The molecule has 130 valence electrons. The van der Waals surface area contributed by atoms with Gasteiger partial charge in [0.2, 0.25) is 0 Å². The molecule has 1 unspecified atom stereocenters. The van der Waals surface area contributed by atoms with E-state index in [-0.39, 0.29) is 11.9 Å². The maximum atomic E-state index is 12.7. The minimum atomic E-state index is 0.00791. The molecule has 4 heterocycles. The minimum absolute atomic E-state index is 0.00791.